The van der Waals surface area contributed by atoms with E-state index in [9.17, 15) is 10.2 Å². The van der Waals surface area contributed by atoms with E-state index >= 15 is 0 Å². The molecule has 0 amide bonds. The molecule has 2 unspecified atom stereocenters. The molecule has 2 nitrogen and oxygen atoms in total. The molecule has 2 aliphatic carbocycles. The van der Waals surface area contributed by atoms with E-state index < -0.39 is 6.10 Å². The number of hydrogen-bond acceptors (Lipinski definition) is 2. The molecule has 0 radical (unpaired) electrons. The van der Waals surface area contributed by atoms with E-state index in [2.05, 4.69) is 25.2 Å². The maximum absolute atomic E-state index is 10.7. The van der Waals surface area contributed by atoms with E-state index in [4.69, 9.17) is 0 Å². The molecule has 1 saturated carbocycles. The van der Waals surface area contributed by atoms with Gasteiger partial charge in [-0.3, -0.25) is 0 Å². The lowest BCUT2D eigenvalue weighted by Gasteiger charge is -2.43. The molecule has 2 aliphatic rings. The lowest BCUT2D eigenvalue weighted by Crippen LogP contribution is -2.39. The van der Waals surface area contributed by atoms with Crippen molar-refractivity contribution < 1.29 is 10.2 Å². The van der Waals surface area contributed by atoms with Crippen LogP contribution >= 0.6 is 0 Å². The largest absolute Gasteiger partial charge is 0.508 e. The van der Waals surface area contributed by atoms with Crippen LogP contribution in [0.4, 0.5) is 0 Å². The van der Waals surface area contributed by atoms with Gasteiger partial charge in [-0.15, -0.1) is 0 Å². The van der Waals surface area contributed by atoms with E-state index in [0.29, 0.717) is 5.75 Å². The Bertz CT molecular complexity index is 547. The third-order valence-electron chi connectivity index (χ3n) is 5.19. The predicted molar refractivity (Wildman–Crippen MR) is 85.3 cm³/mol. The molecule has 112 valence electrons. The molecule has 2 heteroatoms. The van der Waals surface area contributed by atoms with Crippen molar-refractivity contribution in [2.24, 2.45) is 5.92 Å². The predicted octanol–water partition coefficient (Wildman–Crippen LogP) is 4.09. The number of aromatic hydroxyl groups is 1. The monoisotopic (exact) mass is 284 g/mol. The van der Waals surface area contributed by atoms with Crippen LogP contribution in [-0.4, -0.2) is 16.3 Å². The van der Waals surface area contributed by atoms with Gasteiger partial charge in [0.05, 0.1) is 6.10 Å². The van der Waals surface area contributed by atoms with Gasteiger partial charge in [-0.05, 0) is 36.1 Å². The summed E-state index contributed by atoms with van der Waals surface area (Å²) in [6, 6.07) is 7.58. The summed E-state index contributed by atoms with van der Waals surface area (Å²) in [5.74, 6) is 0.470. The number of hydrogen-bond donors (Lipinski definition) is 2. The quantitative estimate of drug-likeness (QED) is 0.859. The van der Waals surface area contributed by atoms with E-state index in [-0.39, 0.29) is 11.3 Å². The van der Waals surface area contributed by atoms with Crippen molar-refractivity contribution in [3.8, 4) is 5.75 Å². The van der Waals surface area contributed by atoms with E-state index in [1.54, 1.807) is 12.1 Å². The van der Waals surface area contributed by atoms with Gasteiger partial charge in [0.25, 0.3) is 0 Å². The van der Waals surface area contributed by atoms with E-state index in [1.807, 2.05) is 12.1 Å². The first-order valence-electron chi connectivity index (χ1n) is 8.00. The van der Waals surface area contributed by atoms with Crippen LogP contribution < -0.4 is 0 Å². The molecule has 0 spiro atoms. The van der Waals surface area contributed by atoms with Crippen molar-refractivity contribution in [2.45, 2.75) is 50.5 Å². The fourth-order valence-electron chi connectivity index (χ4n) is 3.94. The van der Waals surface area contributed by atoms with Gasteiger partial charge < -0.3 is 10.2 Å². The van der Waals surface area contributed by atoms with Crippen LogP contribution in [0.5, 0.6) is 5.75 Å². The van der Waals surface area contributed by atoms with Gasteiger partial charge in [-0.2, -0.15) is 0 Å². The van der Waals surface area contributed by atoms with Gasteiger partial charge in [-0.25, -0.2) is 0 Å². The minimum atomic E-state index is -0.401. The Balaban J connectivity index is 2.07. The maximum Gasteiger partial charge on any atom is 0.115 e. The Labute approximate surface area is 126 Å². The zero-order valence-electron chi connectivity index (χ0n) is 12.6. The fourth-order valence-corrected chi connectivity index (χ4v) is 3.94. The summed E-state index contributed by atoms with van der Waals surface area (Å²) in [5, 5.41) is 20.3. The number of phenols is 1. The Morgan fingerprint density at radius 3 is 2.38 bits per heavy atom. The topological polar surface area (TPSA) is 40.5 Å². The Morgan fingerprint density at radius 1 is 1.05 bits per heavy atom. The van der Waals surface area contributed by atoms with Crippen LogP contribution in [-0.2, 0) is 5.41 Å². The zero-order valence-corrected chi connectivity index (χ0v) is 12.6. The summed E-state index contributed by atoms with van der Waals surface area (Å²) in [6.07, 6.45) is 11.7. The average Bonchev–Trinajstić information content (AvgIpc) is 2.51. The molecule has 21 heavy (non-hydrogen) atoms. The standard InChI is InChI=1S/C19H24O2/c1-14-6-5-7-17(18(14)21)19(12-3-2-4-13-19)15-8-10-16(20)11-9-15/h5-11,14,18,20-21H,2-4,12-13H2,1H3. The molecule has 0 heterocycles. The van der Waals surface area contributed by atoms with Crippen LogP contribution in [0.15, 0.2) is 48.1 Å². The normalized spacial score (nSPS) is 28.2. The number of rotatable bonds is 2. The maximum atomic E-state index is 10.7. The highest BCUT2D eigenvalue weighted by atomic mass is 16.3. The molecule has 1 aromatic carbocycles. The summed E-state index contributed by atoms with van der Waals surface area (Å²) in [4.78, 5) is 0. The minimum absolute atomic E-state index is 0.0651. The SMILES string of the molecule is CC1C=CC=C(C2(c3ccc(O)cc3)CCCCC2)C1O. The summed E-state index contributed by atoms with van der Waals surface area (Å²) in [7, 11) is 0. The van der Waals surface area contributed by atoms with Crippen molar-refractivity contribution in [2.75, 3.05) is 0 Å². The van der Waals surface area contributed by atoms with Gasteiger partial charge in [0.15, 0.2) is 0 Å². The zero-order chi connectivity index (χ0) is 14.9. The molecule has 0 aliphatic heterocycles. The summed E-state index contributed by atoms with van der Waals surface area (Å²) >= 11 is 0. The molecule has 3 rings (SSSR count). The van der Waals surface area contributed by atoms with Crippen molar-refractivity contribution in [1.29, 1.82) is 0 Å². The summed E-state index contributed by atoms with van der Waals surface area (Å²) in [6.45, 7) is 2.07. The number of benzene rings is 1. The van der Waals surface area contributed by atoms with Crippen molar-refractivity contribution in [3.05, 3.63) is 53.6 Å². The van der Waals surface area contributed by atoms with E-state index in [1.165, 1.54) is 24.8 Å². The van der Waals surface area contributed by atoms with Gasteiger partial charge in [0, 0.05) is 11.3 Å². The summed E-state index contributed by atoms with van der Waals surface area (Å²) < 4.78 is 0. The fraction of sp³-hybridized carbons (Fsp3) is 0.474. The van der Waals surface area contributed by atoms with Gasteiger partial charge >= 0.3 is 0 Å². The molecule has 0 aromatic heterocycles. The third kappa shape index (κ3) is 2.53. The number of allylic oxidation sites excluding steroid dienone is 2. The van der Waals surface area contributed by atoms with Crippen LogP contribution in [0.1, 0.15) is 44.6 Å². The molecule has 2 atom stereocenters. The lowest BCUT2D eigenvalue weighted by atomic mass is 9.62. The van der Waals surface area contributed by atoms with Crippen molar-refractivity contribution in [3.63, 3.8) is 0 Å². The minimum Gasteiger partial charge on any atom is -0.508 e. The van der Waals surface area contributed by atoms with Crippen molar-refractivity contribution in [1.82, 2.24) is 0 Å². The highest BCUT2D eigenvalue weighted by molar-refractivity contribution is 5.44. The summed E-state index contributed by atoms with van der Waals surface area (Å²) in [5.41, 5.74) is 2.32. The van der Waals surface area contributed by atoms with Gasteiger partial charge in [-0.1, -0.05) is 56.5 Å². The van der Waals surface area contributed by atoms with Crippen LogP contribution in [0, 0.1) is 5.92 Å². The van der Waals surface area contributed by atoms with Crippen LogP contribution in [0.25, 0.3) is 0 Å². The molecule has 1 fully saturated rings. The lowest BCUT2D eigenvalue weighted by molar-refractivity contribution is 0.142. The number of aliphatic hydroxyl groups excluding tert-OH is 1. The molecule has 0 bridgehead atoms. The third-order valence-corrected chi connectivity index (χ3v) is 5.19. The Kier molecular flexibility index (Phi) is 3.90. The molecule has 0 saturated heterocycles. The second-order valence-electron chi connectivity index (χ2n) is 6.50. The molecular weight excluding hydrogens is 260 g/mol. The van der Waals surface area contributed by atoms with Gasteiger partial charge in [0.1, 0.15) is 5.75 Å². The second kappa shape index (κ2) is 5.69. The number of aliphatic hydroxyl groups is 1. The van der Waals surface area contributed by atoms with Crippen LogP contribution in [0.2, 0.25) is 0 Å². The first-order chi connectivity index (χ1) is 10.1. The Morgan fingerprint density at radius 2 is 1.71 bits per heavy atom. The molecular formula is C19H24O2. The Hall–Kier alpha value is -1.54. The number of phenolic OH excluding ortho intramolecular Hbond substituents is 1. The van der Waals surface area contributed by atoms with Gasteiger partial charge in [0.2, 0.25) is 0 Å². The molecule has 1 aromatic rings. The first kappa shape index (κ1) is 14.4. The highest BCUT2D eigenvalue weighted by Gasteiger charge is 2.41. The average molecular weight is 284 g/mol. The molecule has 2 N–H and O–H groups in total. The van der Waals surface area contributed by atoms with E-state index in [0.717, 1.165) is 18.4 Å². The second-order valence-corrected chi connectivity index (χ2v) is 6.50. The van der Waals surface area contributed by atoms with Crippen molar-refractivity contribution >= 4 is 0 Å². The smallest absolute Gasteiger partial charge is 0.115 e. The highest BCUT2D eigenvalue weighted by Crippen LogP contribution is 2.48. The van der Waals surface area contributed by atoms with Crippen LogP contribution in [0.3, 0.4) is 0 Å². The first-order valence-corrected chi connectivity index (χ1v) is 8.00.